The zero-order chi connectivity index (χ0) is 20.0. The van der Waals surface area contributed by atoms with Crippen LogP contribution in [0.4, 0.5) is 5.13 Å². The van der Waals surface area contributed by atoms with Crippen LogP contribution in [0.3, 0.4) is 0 Å². The van der Waals surface area contributed by atoms with Gasteiger partial charge in [0.05, 0.1) is 10.2 Å². The van der Waals surface area contributed by atoms with Crippen molar-refractivity contribution in [2.45, 2.75) is 13.8 Å². The number of ether oxygens (including phenoxy) is 2. The summed E-state index contributed by atoms with van der Waals surface area (Å²) in [6.45, 7) is 8.24. The highest BCUT2D eigenvalue weighted by atomic mass is 32.1. The Bertz CT molecular complexity index is 1090. The lowest BCUT2D eigenvalue weighted by Gasteiger charge is -2.34. The van der Waals surface area contributed by atoms with Crippen molar-refractivity contribution in [1.29, 1.82) is 0 Å². The number of fused-ring (bicyclic) bond motifs is 2. The first kappa shape index (κ1) is 18.2. The highest BCUT2D eigenvalue weighted by molar-refractivity contribution is 7.22. The number of aromatic nitrogens is 1. The Morgan fingerprint density at radius 2 is 1.76 bits per heavy atom. The Balaban J connectivity index is 1.29. The number of amides is 1. The fourth-order valence-electron chi connectivity index (χ4n) is 3.95. The molecule has 5 rings (SSSR count). The summed E-state index contributed by atoms with van der Waals surface area (Å²) in [7, 11) is 0. The summed E-state index contributed by atoms with van der Waals surface area (Å²) >= 11 is 1.73. The Hall–Kier alpha value is -2.80. The second kappa shape index (κ2) is 7.22. The van der Waals surface area contributed by atoms with Crippen LogP contribution in [0.5, 0.6) is 11.5 Å². The van der Waals surface area contributed by atoms with Crippen LogP contribution in [0.1, 0.15) is 21.5 Å². The topological polar surface area (TPSA) is 54.9 Å². The quantitative estimate of drug-likeness (QED) is 0.647. The number of carbonyl (C=O) groups excluding carboxylic acids is 1. The van der Waals surface area contributed by atoms with Crippen LogP contribution in [-0.4, -0.2) is 55.2 Å². The number of piperazine rings is 1. The normalized spacial score (nSPS) is 16.3. The van der Waals surface area contributed by atoms with Crippen LogP contribution in [0.25, 0.3) is 10.2 Å². The molecule has 0 aliphatic carbocycles. The molecule has 0 radical (unpaired) electrons. The lowest BCUT2D eigenvalue weighted by molar-refractivity contribution is 0.0745. The summed E-state index contributed by atoms with van der Waals surface area (Å²) in [6.07, 6.45) is 0. The molecule has 0 bridgehead atoms. The molecule has 0 spiro atoms. The molecule has 1 fully saturated rings. The standard InChI is InChI=1S/C22H23N3O3S/c1-14-11-15(2)20-19(12-14)29-22(23-20)25-7-5-24(6-8-25)21(26)16-3-4-17-18(13-16)28-10-9-27-17/h3-4,11-13H,5-10H2,1-2H3. The van der Waals surface area contributed by atoms with Crippen LogP contribution in [0.2, 0.25) is 0 Å². The highest BCUT2D eigenvalue weighted by Gasteiger charge is 2.25. The molecule has 1 saturated heterocycles. The molecule has 2 aromatic carbocycles. The highest BCUT2D eigenvalue weighted by Crippen LogP contribution is 2.33. The first-order valence-electron chi connectivity index (χ1n) is 9.90. The van der Waals surface area contributed by atoms with E-state index in [4.69, 9.17) is 14.5 Å². The van der Waals surface area contributed by atoms with Crippen LogP contribution < -0.4 is 14.4 Å². The van der Waals surface area contributed by atoms with Gasteiger partial charge in [-0.15, -0.1) is 0 Å². The molecule has 7 heteroatoms. The number of nitrogens with zero attached hydrogens (tertiary/aromatic N) is 3. The number of hydrogen-bond donors (Lipinski definition) is 0. The Labute approximate surface area is 173 Å². The van der Waals surface area contributed by atoms with E-state index in [2.05, 4.69) is 30.9 Å². The van der Waals surface area contributed by atoms with Crippen molar-refractivity contribution in [2.24, 2.45) is 0 Å². The molecule has 0 atom stereocenters. The zero-order valence-corrected chi connectivity index (χ0v) is 17.4. The number of carbonyl (C=O) groups is 1. The van der Waals surface area contributed by atoms with Crippen LogP contribution in [0, 0.1) is 13.8 Å². The molecule has 3 aromatic rings. The minimum Gasteiger partial charge on any atom is -0.486 e. The number of rotatable bonds is 2. The molecule has 3 heterocycles. The second-order valence-electron chi connectivity index (χ2n) is 7.56. The van der Waals surface area contributed by atoms with Crippen molar-refractivity contribution in [3.05, 3.63) is 47.0 Å². The van der Waals surface area contributed by atoms with Gasteiger partial charge < -0.3 is 19.3 Å². The molecular formula is C22H23N3O3S. The second-order valence-corrected chi connectivity index (χ2v) is 8.57. The van der Waals surface area contributed by atoms with Crippen LogP contribution in [-0.2, 0) is 0 Å². The van der Waals surface area contributed by atoms with Gasteiger partial charge in [0.1, 0.15) is 13.2 Å². The van der Waals surface area contributed by atoms with E-state index in [0.29, 0.717) is 43.4 Å². The average molecular weight is 410 g/mol. The molecule has 29 heavy (non-hydrogen) atoms. The van der Waals surface area contributed by atoms with E-state index < -0.39 is 0 Å². The van der Waals surface area contributed by atoms with Gasteiger partial charge in [0.15, 0.2) is 16.6 Å². The van der Waals surface area contributed by atoms with Crippen molar-refractivity contribution in [3.63, 3.8) is 0 Å². The van der Waals surface area contributed by atoms with Gasteiger partial charge in [-0.1, -0.05) is 17.4 Å². The summed E-state index contributed by atoms with van der Waals surface area (Å²) in [5, 5.41) is 1.04. The minimum absolute atomic E-state index is 0.0393. The van der Waals surface area contributed by atoms with Gasteiger partial charge in [-0.25, -0.2) is 4.98 Å². The lowest BCUT2D eigenvalue weighted by atomic mass is 10.1. The summed E-state index contributed by atoms with van der Waals surface area (Å²) < 4.78 is 12.4. The van der Waals surface area contributed by atoms with Gasteiger partial charge in [-0.2, -0.15) is 0 Å². The summed E-state index contributed by atoms with van der Waals surface area (Å²) in [4.78, 5) is 22.0. The molecule has 0 unspecified atom stereocenters. The van der Waals surface area contributed by atoms with Crippen LogP contribution in [0.15, 0.2) is 30.3 Å². The van der Waals surface area contributed by atoms with E-state index in [1.54, 1.807) is 17.4 Å². The zero-order valence-electron chi connectivity index (χ0n) is 16.6. The minimum atomic E-state index is 0.0393. The smallest absolute Gasteiger partial charge is 0.254 e. The summed E-state index contributed by atoms with van der Waals surface area (Å²) in [5.74, 6) is 1.40. The number of benzene rings is 2. The fourth-order valence-corrected chi connectivity index (χ4v) is 5.15. The number of aryl methyl sites for hydroxylation is 2. The third kappa shape index (κ3) is 3.40. The Morgan fingerprint density at radius 3 is 2.55 bits per heavy atom. The van der Waals surface area contributed by atoms with E-state index in [0.717, 1.165) is 23.7 Å². The molecule has 150 valence electrons. The first-order chi connectivity index (χ1) is 14.1. The lowest BCUT2D eigenvalue weighted by Crippen LogP contribution is -2.48. The monoisotopic (exact) mass is 409 g/mol. The van der Waals surface area contributed by atoms with Crippen molar-refractivity contribution in [2.75, 3.05) is 44.3 Å². The number of hydrogen-bond acceptors (Lipinski definition) is 6. The maximum absolute atomic E-state index is 12.9. The van der Waals surface area contributed by atoms with Crippen molar-refractivity contribution in [1.82, 2.24) is 9.88 Å². The predicted molar refractivity (Wildman–Crippen MR) is 115 cm³/mol. The van der Waals surface area contributed by atoms with Gasteiger partial charge in [0, 0.05) is 31.7 Å². The van der Waals surface area contributed by atoms with Gasteiger partial charge >= 0.3 is 0 Å². The predicted octanol–water partition coefficient (Wildman–Crippen LogP) is 3.65. The van der Waals surface area contributed by atoms with Gasteiger partial charge in [-0.05, 0) is 49.2 Å². The molecule has 2 aliphatic heterocycles. The number of thiazole rings is 1. The molecule has 2 aliphatic rings. The fraction of sp³-hybridized carbons (Fsp3) is 0.364. The average Bonchev–Trinajstić information content (AvgIpc) is 3.17. The molecule has 1 amide bonds. The first-order valence-corrected chi connectivity index (χ1v) is 10.7. The van der Waals surface area contributed by atoms with E-state index in [1.807, 2.05) is 17.0 Å². The van der Waals surface area contributed by atoms with Gasteiger partial charge in [0.25, 0.3) is 5.91 Å². The molecular weight excluding hydrogens is 386 g/mol. The van der Waals surface area contributed by atoms with Crippen molar-refractivity contribution in [3.8, 4) is 11.5 Å². The molecule has 0 saturated carbocycles. The molecule has 1 aromatic heterocycles. The largest absolute Gasteiger partial charge is 0.486 e. The number of anilines is 1. The van der Waals surface area contributed by atoms with Gasteiger partial charge in [-0.3, -0.25) is 4.79 Å². The van der Waals surface area contributed by atoms with Crippen molar-refractivity contribution < 1.29 is 14.3 Å². The Morgan fingerprint density at radius 1 is 1.00 bits per heavy atom. The van der Waals surface area contributed by atoms with E-state index >= 15 is 0 Å². The maximum atomic E-state index is 12.9. The summed E-state index contributed by atoms with van der Waals surface area (Å²) in [5.41, 5.74) is 4.22. The van der Waals surface area contributed by atoms with Crippen LogP contribution >= 0.6 is 11.3 Å². The maximum Gasteiger partial charge on any atom is 0.254 e. The third-order valence-corrected chi connectivity index (χ3v) is 6.51. The molecule has 6 nitrogen and oxygen atoms in total. The van der Waals surface area contributed by atoms with E-state index in [1.165, 1.54) is 15.8 Å². The van der Waals surface area contributed by atoms with E-state index in [-0.39, 0.29) is 5.91 Å². The van der Waals surface area contributed by atoms with Gasteiger partial charge in [0.2, 0.25) is 0 Å². The molecule has 0 N–H and O–H groups in total. The van der Waals surface area contributed by atoms with E-state index in [9.17, 15) is 4.79 Å². The summed E-state index contributed by atoms with van der Waals surface area (Å²) in [6, 6.07) is 9.81. The Kier molecular flexibility index (Phi) is 4.54. The van der Waals surface area contributed by atoms with Crippen molar-refractivity contribution >= 4 is 32.6 Å². The third-order valence-electron chi connectivity index (χ3n) is 5.45. The SMILES string of the molecule is Cc1cc(C)c2nc(N3CCN(C(=O)c4ccc5c(c4)OCCO5)CC3)sc2c1.